The van der Waals surface area contributed by atoms with E-state index in [-0.39, 0.29) is 0 Å². The highest BCUT2D eigenvalue weighted by molar-refractivity contribution is 6.39. The molecule has 0 spiro atoms. The van der Waals surface area contributed by atoms with Gasteiger partial charge in [0, 0.05) is 36.7 Å². The number of benzene rings is 1. The van der Waals surface area contributed by atoms with Crippen molar-refractivity contribution >= 4 is 29.1 Å². The van der Waals surface area contributed by atoms with Gasteiger partial charge in [-0.25, -0.2) is 0 Å². The summed E-state index contributed by atoms with van der Waals surface area (Å²) in [7, 11) is 1.61. The van der Waals surface area contributed by atoms with Crippen molar-refractivity contribution in [2.75, 3.05) is 18.9 Å². The number of aryl methyl sites for hydroxylation is 1. The number of anilines is 1. The van der Waals surface area contributed by atoms with Crippen LogP contribution in [0.25, 0.3) is 0 Å². The van der Waals surface area contributed by atoms with Crippen molar-refractivity contribution < 1.29 is 9.59 Å². The number of nitrogens with zero attached hydrogens (tertiary/aromatic N) is 2. The van der Waals surface area contributed by atoms with Gasteiger partial charge < -0.3 is 10.2 Å². The Bertz CT molecular complexity index is 704. The van der Waals surface area contributed by atoms with Crippen LogP contribution in [0, 0.1) is 6.92 Å². The van der Waals surface area contributed by atoms with Crippen molar-refractivity contribution in [2.24, 2.45) is 0 Å². The molecule has 0 aliphatic rings. The number of rotatable bonds is 4. The molecule has 1 N–H and O–H groups in total. The van der Waals surface area contributed by atoms with Crippen LogP contribution in [0.4, 0.5) is 5.69 Å². The van der Waals surface area contributed by atoms with Gasteiger partial charge in [0.2, 0.25) is 0 Å². The Morgan fingerprint density at radius 2 is 1.91 bits per heavy atom. The number of carbonyl (C=O) groups excluding carboxylic acids is 2. The Morgan fingerprint density at radius 3 is 2.61 bits per heavy atom. The summed E-state index contributed by atoms with van der Waals surface area (Å²) in [6.07, 6.45) is 4.06. The lowest BCUT2D eigenvalue weighted by molar-refractivity contribution is -0.142. The summed E-state index contributed by atoms with van der Waals surface area (Å²) in [5, 5.41) is 3.11. The molecule has 2 rings (SSSR count). The molecule has 5 nitrogen and oxygen atoms in total. The molecule has 0 atom stereocenters. The van der Waals surface area contributed by atoms with E-state index in [0.29, 0.717) is 23.7 Å². The Balaban J connectivity index is 1.93. The van der Waals surface area contributed by atoms with Crippen LogP contribution in [-0.4, -0.2) is 35.3 Å². The van der Waals surface area contributed by atoms with Crippen LogP contribution in [0.2, 0.25) is 5.02 Å². The van der Waals surface area contributed by atoms with Gasteiger partial charge in [-0.05, 0) is 48.7 Å². The van der Waals surface area contributed by atoms with Gasteiger partial charge in [0.25, 0.3) is 0 Å². The summed E-state index contributed by atoms with van der Waals surface area (Å²) < 4.78 is 0. The smallest absolute Gasteiger partial charge is 0.313 e. The van der Waals surface area contributed by atoms with Gasteiger partial charge in [-0.15, -0.1) is 0 Å². The Hall–Kier alpha value is -2.40. The van der Waals surface area contributed by atoms with Crippen LogP contribution >= 0.6 is 11.6 Å². The molecule has 0 saturated carbocycles. The van der Waals surface area contributed by atoms with E-state index in [2.05, 4.69) is 10.3 Å². The number of likely N-dealkylation sites (N-methyl/N-ethyl adjacent to an activating group) is 1. The zero-order valence-corrected chi connectivity index (χ0v) is 13.8. The Morgan fingerprint density at radius 1 is 1.22 bits per heavy atom. The van der Waals surface area contributed by atoms with Crippen molar-refractivity contribution in [3.63, 3.8) is 0 Å². The number of nitrogens with one attached hydrogen (secondary N) is 1. The van der Waals surface area contributed by atoms with Gasteiger partial charge in [0.1, 0.15) is 0 Å². The number of carbonyl (C=O) groups is 2. The molecule has 120 valence electrons. The van der Waals surface area contributed by atoms with Gasteiger partial charge in [-0.1, -0.05) is 17.7 Å². The van der Waals surface area contributed by atoms with Crippen LogP contribution < -0.4 is 5.32 Å². The molecule has 2 aromatic rings. The van der Waals surface area contributed by atoms with Crippen LogP contribution in [-0.2, 0) is 16.0 Å². The van der Waals surface area contributed by atoms with E-state index in [1.807, 2.05) is 19.1 Å². The van der Waals surface area contributed by atoms with Crippen molar-refractivity contribution in [3.8, 4) is 0 Å². The van der Waals surface area contributed by atoms with E-state index in [1.165, 1.54) is 4.90 Å². The number of pyridine rings is 1. The average Bonchev–Trinajstić information content (AvgIpc) is 2.56. The second-order valence-corrected chi connectivity index (χ2v) is 5.68. The minimum absolute atomic E-state index is 0.449. The molecule has 0 saturated heterocycles. The number of aromatic nitrogens is 1. The summed E-state index contributed by atoms with van der Waals surface area (Å²) in [6.45, 7) is 2.29. The maximum Gasteiger partial charge on any atom is 0.313 e. The van der Waals surface area contributed by atoms with E-state index >= 15 is 0 Å². The third kappa shape index (κ3) is 4.79. The molecular formula is C17H18ClN3O2. The predicted octanol–water partition coefficient (Wildman–Crippen LogP) is 2.68. The molecule has 1 heterocycles. The number of hydrogen-bond acceptors (Lipinski definition) is 3. The molecule has 23 heavy (non-hydrogen) atoms. The van der Waals surface area contributed by atoms with E-state index in [9.17, 15) is 9.59 Å². The maximum absolute atomic E-state index is 12.1. The summed E-state index contributed by atoms with van der Waals surface area (Å²) in [4.78, 5) is 29.5. The highest BCUT2D eigenvalue weighted by Crippen LogP contribution is 2.20. The summed E-state index contributed by atoms with van der Waals surface area (Å²) in [6, 6.07) is 8.91. The fourth-order valence-electron chi connectivity index (χ4n) is 2.03. The fourth-order valence-corrected chi connectivity index (χ4v) is 2.20. The van der Waals surface area contributed by atoms with Crippen LogP contribution in [0.1, 0.15) is 11.1 Å². The quantitative estimate of drug-likeness (QED) is 0.876. The topological polar surface area (TPSA) is 62.3 Å². The first-order valence-corrected chi connectivity index (χ1v) is 7.56. The first-order valence-electron chi connectivity index (χ1n) is 7.19. The van der Waals surface area contributed by atoms with E-state index < -0.39 is 11.8 Å². The van der Waals surface area contributed by atoms with Crippen LogP contribution in [0.5, 0.6) is 0 Å². The van der Waals surface area contributed by atoms with Crippen molar-refractivity contribution in [1.82, 2.24) is 9.88 Å². The second kappa shape index (κ2) is 7.74. The SMILES string of the molecule is Cc1ccc(Cl)cc1NC(=O)C(=O)N(C)CCc1ccncc1. The normalized spacial score (nSPS) is 10.2. The van der Waals surface area contributed by atoms with Gasteiger partial charge >= 0.3 is 11.8 Å². The third-order valence-corrected chi connectivity index (χ3v) is 3.71. The number of hydrogen-bond donors (Lipinski definition) is 1. The molecule has 6 heteroatoms. The van der Waals surface area contributed by atoms with Crippen molar-refractivity contribution in [3.05, 3.63) is 58.9 Å². The van der Waals surface area contributed by atoms with Gasteiger partial charge in [0.15, 0.2) is 0 Å². The minimum atomic E-state index is -0.674. The summed E-state index contributed by atoms with van der Waals surface area (Å²) in [5.74, 6) is -1.26. The van der Waals surface area contributed by atoms with Crippen LogP contribution in [0.15, 0.2) is 42.7 Å². The molecule has 0 aliphatic carbocycles. The molecule has 1 aromatic carbocycles. The zero-order valence-electron chi connectivity index (χ0n) is 13.0. The maximum atomic E-state index is 12.1. The lowest BCUT2D eigenvalue weighted by Gasteiger charge is -2.17. The van der Waals surface area contributed by atoms with E-state index in [4.69, 9.17) is 11.6 Å². The highest BCUT2D eigenvalue weighted by Gasteiger charge is 2.19. The van der Waals surface area contributed by atoms with Crippen molar-refractivity contribution in [1.29, 1.82) is 0 Å². The largest absolute Gasteiger partial charge is 0.337 e. The second-order valence-electron chi connectivity index (χ2n) is 5.25. The van der Waals surface area contributed by atoms with E-state index in [0.717, 1.165) is 11.1 Å². The minimum Gasteiger partial charge on any atom is -0.337 e. The Kier molecular flexibility index (Phi) is 5.71. The Labute approximate surface area is 140 Å². The van der Waals surface area contributed by atoms with Gasteiger partial charge in [-0.3, -0.25) is 14.6 Å². The van der Waals surface area contributed by atoms with Crippen LogP contribution in [0.3, 0.4) is 0 Å². The first kappa shape index (κ1) is 17.0. The van der Waals surface area contributed by atoms with Crippen molar-refractivity contribution in [2.45, 2.75) is 13.3 Å². The summed E-state index contributed by atoms with van der Waals surface area (Å²) in [5.41, 5.74) is 2.44. The molecule has 0 bridgehead atoms. The highest BCUT2D eigenvalue weighted by atomic mass is 35.5. The average molecular weight is 332 g/mol. The lowest BCUT2D eigenvalue weighted by Crippen LogP contribution is -2.38. The zero-order chi connectivity index (χ0) is 16.8. The molecule has 1 aromatic heterocycles. The predicted molar refractivity (Wildman–Crippen MR) is 90.4 cm³/mol. The molecule has 0 unspecified atom stereocenters. The molecule has 0 aliphatic heterocycles. The van der Waals surface area contributed by atoms with Gasteiger partial charge in [-0.2, -0.15) is 0 Å². The fraction of sp³-hybridized carbons (Fsp3) is 0.235. The number of amides is 2. The monoisotopic (exact) mass is 331 g/mol. The third-order valence-electron chi connectivity index (χ3n) is 3.47. The first-order chi connectivity index (χ1) is 11.0. The van der Waals surface area contributed by atoms with E-state index in [1.54, 1.807) is 37.6 Å². The lowest BCUT2D eigenvalue weighted by atomic mass is 10.2. The molecule has 0 fully saturated rings. The number of halogens is 1. The molecular weight excluding hydrogens is 314 g/mol. The molecule has 0 radical (unpaired) electrons. The summed E-state index contributed by atoms with van der Waals surface area (Å²) >= 11 is 5.91. The standard InChI is InChI=1S/C17H18ClN3O2/c1-12-3-4-14(18)11-15(12)20-16(22)17(23)21(2)10-7-13-5-8-19-9-6-13/h3-6,8-9,11H,7,10H2,1-2H3,(H,20,22). The molecule has 2 amide bonds. The van der Waals surface area contributed by atoms with Gasteiger partial charge in [0.05, 0.1) is 0 Å².